The number of rotatable bonds is 0. The zero-order valence-corrected chi connectivity index (χ0v) is 5.51. The van der Waals surface area contributed by atoms with E-state index in [9.17, 15) is 4.79 Å². The molecule has 10 heavy (non-hydrogen) atoms. The van der Waals surface area contributed by atoms with Gasteiger partial charge in [0.1, 0.15) is 5.82 Å². The molecule has 0 spiro atoms. The molecule has 0 fully saturated rings. The van der Waals surface area contributed by atoms with Gasteiger partial charge < -0.3 is 15.8 Å². The molecule has 0 aromatic carbocycles. The SMILES string of the molecule is Cc1cc(=O)[nH]c(N)c1O. The first-order valence-corrected chi connectivity index (χ1v) is 2.79. The molecule has 4 N–H and O–H groups in total. The minimum absolute atomic E-state index is 0.0185. The average molecular weight is 140 g/mol. The second-order valence-corrected chi connectivity index (χ2v) is 2.08. The van der Waals surface area contributed by atoms with Crippen molar-refractivity contribution in [2.45, 2.75) is 6.92 Å². The maximum Gasteiger partial charge on any atom is 0.249 e. The number of nitrogens with two attached hydrogens (primary N) is 1. The lowest BCUT2D eigenvalue weighted by Crippen LogP contribution is -2.07. The molecule has 4 nitrogen and oxygen atoms in total. The maximum atomic E-state index is 10.6. The normalized spacial score (nSPS) is 9.70. The number of aromatic nitrogens is 1. The van der Waals surface area contributed by atoms with Crippen molar-refractivity contribution in [3.63, 3.8) is 0 Å². The van der Waals surface area contributed by atoms with E-state index >= 15 is 0 Å². The minimum atomic E-state index is -0.298. The lowest BCUT2D eigenvalue weighted by molar-refractivity contribution is 0.471. The van der Waals surface area contributed by atoms with Crippen LogP contribution in [0.5, 0.6) is 5.75 Å². The lowest BCUT2D eigenvalue weighted by atomic mass is 10.3. The van der Waals surface area contributed by atoms with Crippen LogP contribution in [0.25, 0.3) is 0 Å². The number of H-pyrrole nitrogens is 1. The van der Waals surface area contributed by atoms with Crippen LogP contribution < -0.4 is 11.3 Å². The van der Waals surface area contributed by atoms with Crippen molar-refractivity contribution >= 4 is 5.82 Å². The Morgan fingerprint density at radius 2 is 2.30 bits per heavy atom. The lowest BCUT2D eigenvalue weighted by Gasteiger charge is -1.99. The van der Waals surface area contributed by atoms with E-state index in [-0.39, 0.29) is 17.1 Å². The third-order valence-electron chi connectivity index (χ3n) is 1.23. The third kappa shape index (κ3) is 0.953. The van der Waals surface area contributed by atoms with Gasteiger partial charge in [0.25, 0.3) is 0 Å². The Morgan fingerprint density at radius 1 is 1.70 bits per heavy atom. The van der Waals surface area contributed by atoms with Crippen molar-refractivity contribution in [1.82, 2.24) is 4.98 Å². The van der Waals surface area contributed by atoms with Crippen molar-refractivity contribution < 1.29 is 5.11 Å². The Bertz CT molecular complexity index is 277. The van der Waals surface area contributed by atoms with Crippen LogP contribution in [0.1, 0.15) is 5.56 Å². The summed E-state index contributed by atoms with van der Waals surface area (Å²) < 4.78 is 0. The van der Waals surface area contributed by atoms with Gasteiger partial charge in [-0.1, -0.05) is 0 Å². The van der Waals surface area contributed by atoms with E-state index < -0.39 is 0 Å². The molecule has 0 saturated heterocycles. The monoisotopic (exact) mass is 140 g/mol. The van der Waals surface area contributed by atoms with Crippen LogP contribution >= 0.6 is 0 Å². The summed E-state index contributed by atoms with van der Waals surface area (Å²) in [5.74, 6) is -0.0374. The Labute approximate surface area is 57.3 Å². The molecular formula is C6H8N2O2. The standard InChI is InChI=1S/C6H8N2O2/c1-3-2-4(9)8-6(7)5(3)10/h2,10H,1H3,(H3,7,8,9). The van der Waals surface area contributed by atoms with Gasteiger partial charge in [-0.15, -0.1) is 0 Å². The molecule has 0 atom stereocenters. The van der Waals surface area contributed by atoms with E-state index in [1.807, 2.05) is 0 Å². The van der Waals surface area contributed by atoms with Crippen molar-refractivity contribution in [3.8, 4) is 5.75 Å². The fraction of sp³-hybridized carbons (Fsp3) is 0.167. The van der Waals surface area contributed by atoms with Gasteiger partial charge in [-0.2, -0.15) is 0 Å². The van der Waals surface area contributed by atoms with Crippen molar-refractivity contribution in [2.75, 3.05) is 5.73 Å². The summed E-state index contributed by atoms with van der Waals surface area (Å²) in [5, 5.41) is 9.04. The molecule has 0 unspecified atom stereocenters. The van der Waals surface area contributed by atoms with Crippen molar-refractivity contribution in [1.29, 1.82) is 0 Å². The first-order chi connectivity index (χ1) is 4.61. The number of hydrogen-bond donors (Lipinski definition) is 3. The molecule has 0 amide bonds. The van der Waals surface area contributed by atoms with Crippen LogP contribution in [0.3, 0.4) is 0 Å². The topological polar surface area (TPSA) is 79.1 Å². The molecule has 0 saturated carbocycles. The summed E-state index contributed by atoms with van der Waals surface area (Å²) in [4.78, 5) is 12.9. The number of nitrogen functional groups attached to an aromatic ring is 1. The first-order valence-electron chi connectivity index (χ1n) is 2.79. The predicted molar refractivity (Wildman–Crippen MR) is 37.9 cm³/mol. The third-order valence-corrected chi connectivity index (χ3v) is 1.23. The van der Waals surface area contributed by atoms with Crippen LogP contribution in [0.2, 0.25) is 0 Å². The van der Waals surface area contributed by atoms with Crippen molar-refractivity contribution in [2.24, 2.45) is 0 Å². The Hall–Kier alpha value is -1.45. The number of pyridine rings is 1. The highest BCUT2D eigenvalue weighted by Gasteiger charge is 2.00. The highest BCUT2D eigenvalue weighted by molar-refractivity contribution is 5.48. The molecule has 0 aliphatic heterocycles. The molecule has 4 heteroatoms. The molecular weight excluding hydrogens is 132 g/mol. The van der Waals surface area contributed by atoms with Gasteiger partial charge in [0.2, 0.25) is 5.56 Å². The van der Waals surface area contributed by atoms with Crippen LogP contribution in [-0.4, -0.2) is 10.1 Å². The van der Waals surface area contributed by atoms with E-state index in [0.717, 1.165) is 0 Å². The molecule has 1 aromatic heterocycles. The fourth-order valence-electron chi connectivity index (χ4n) is 0.705. The van der Waals surface area contributed by atoms with Crippen LogP contribution in [0.4, 0.5) is 5.82 Å². The van der Waals surface area contributed by atoms with Crippen LogP contribution in [0.15, 0.2) is 10.9 Å². The summed E-state index contributed by atoms with van der Waals surface area (Å²) in [5.41, 5.74) is 5.40. The largest absolute Gasteiger partial charge is 0.504 e. The first kappa shape index (κ1) is 6.67. The van der Waals surface area contributed by atoms with Gasteiger partial charge in [-0.3, -0.25) is 4.79 Å². The molecule has 54 valence electrons. The molecule has 0 radical (unpaired) electrons. The number of hydrogen-bond acceptors (Lipinski definition) is 3. The zero-order chi connectivity index (χ0) is 7.72. The molecule has 1 rings (SSSR count). The fourth-order valence-corrected chi connectivity index (χ4v) is 0.705. The zero-order valence-electron chi connectivity index (χ0n) is 5.51. The minimum Gasteiger partial charge on any atom is -0.504 e. The van der Waals surface area contributed by atoms with E-state index in [1.165, 1.54) is 6.07 Å². The number of aromatic amines is 1. The summed E-state index contributed by atoms with van der Waals surface area (Å²) >= 11 is 0. The quantitative estimate of drug-likeness (QED) is 0.473. The molecule has 0 bridgehead atoms. The Kier molecular flexibility index (Phi) is 1.37. The van der Waals surface area contributed by atoms with E-state index in [1.54, 1.807) is 6.92 Å². The second kappa shape index (κ2) is 2.06. The highest BCUT2D eigenvalue weighted by atomic mass is 16.3. The molecule has 0 aliphatic rings. The van der Waals surface area contributed by atoms with Crippen LogP contribution in [-0.2, 0) is 0 Å². The number of aromatic hydroxyl groups is 1. The van der Waals surface area contributed by atoms with Gasteiger partial charge in [-0.25, -0.2) is 0 Å². The average Bonchev–Trinajstić information content (AvgIpc) is 1.82. The number of aryl methyl sites for hydroxylation is 1. The second-order valence-electron chi connectivity index (χ2n) is 2.08. The summed E-state index contributed by atoms with van der Waals surface area (Å²) in [6.07, 6.45) is 0. The van der Waals surface area contributed by atoms with Gasteiger partial charge in [0, 0.05) is 6.07 Å². The predicted octanol–water partition coefficient (Wildman–Crippen LogP) is -0.0289. The van der Waals surface area contributed by atoms with Crippen LogP contribution in [0, 0.1) is 6.92 Å². The van der Waals surface area contributed by atoms with Gasteiger partial charge in [-0.05, 0) is 12.5 Å². The Morgan fingerprint density at radius 3 is 2.80 bits per heavy atom. The highest BCUT2D eigenvalue weighted by Crippen LogP contribution is 2.18. The van der Waals surface area contributed by atoms with E-state index in [0.29, 0.717) is 5.56 Å². The molecule has 1 aromatic rings. The summed E-state index contributed by atoms with van der Waals surface area (Å²) in [6.45, 7) is 1.61. The molecule has 0 aliphatic carbocycles. The summed E-state index contributed by atoms with van der Waals surface area (Å²) in [7, 11) is 0. The van der Waals surface area contributed by atoms with Crippen molar-refractivity contribution in [3.05, 3.63) is 22.0 Å². The number of anilines is 1. The summed E-state index contributed by atoms with van der Waals surface area (Å²) in [6, 6.07) is 1.28. The van der Waals surface area contributed by atoms with Gasteiger partial charge >= 0.3 is 0 Å². The smallest absolute Gasteiger partial charge is 0.249 e. The molecule has 1 heterocycles. The van der Waals surface area contributed by atoms with E-state index in [2.05, 4.69) is 4.98 Å². The number of nitrogens with one attached hydrogen (secondary N) is 1. The Balaban J connectivity index is 3.46. The maximum absolute atomic E-state index is 10.6. The van der Waals surface area contributed by atoms with Gasteiger partial charge in [0.15, 0.2) is 5.75 Å². The van der Waals surface area contributed by atoms with E-state index in [4.69, 9.17) is 10.8 Å². The van der Waals surface area contributed by atoms with Gasteiger partial charge in [0.05, 0.1) is 0 Å².